The molecule has 0 aromatic heterocycles. The molecule has 0 fully saturated rings. The largest absolute Gasteiger partial charge is 0.340 e. The van der Waals surface area contributed by atoms with Crippen molar-refractivity contribution in [2.75, 3.05) is 7.05 Å². The van der Waals surface area contributed by atoms with Crippen LogP contribution in [0.1, 0.15) is 18.9 Å². The first-order chi connectivity index (χ1) is 7.95. The van der Waals surface area contributed by atoms with Gasteiger partial charge in [0.2, 0.25) is 5.91 Å². The number of benzene rings is 1. The summed E-state index contributed by atoms with van der Waals surface area (Å²) in [6.45, 7) is 2.36. The van der Waals surface area contributed by atoms with Crippen molar-refractivity contribution in [1.29, 1.82) is 0 Å². The van der Waals surface area contributed by atoms with Crippen LogP contribution in [-0.4, -0.2) is 23.9 Å². The minimum atomic E-state index is -0.442. The first-order valence-electron chi connectivity index (χ1n) is 5.40. The molecule has 1 rings (SSSR count). The van der Waals surface area contributed by atoms with Crippen molar-refractivity contribution in [3.63, 3.8) is 0 Å². The van der Waals surface area contributed by atoms with Gasteiger partial charge in [0.25, 0.3) is 0 Å². The molecule has 1 aromatic carbocycles. The molecule has 0 aliphatic heterocycles. The normalized spacial score (nSPS) is 12.3. The van der Waals surface area contributed by atoms with Gasteiger partial charge in [-0.2, -0.15) is 0 Å². The monoisotopic (exact) mass is 274 g/mol. The van der Waals surface area contributed by atoms with Crippen LogP contribution >= 0.6 is 23.2 Å². The molecular formula is C12H16Cl2N2O. The summed E-state index contributed by atoms with van der Waals surface area (Å²) in [5.74, 6) is -0.0708. The molecule has 1 aromatic rings. The van der Waals surface area contributed by atoms with Gasteiger partial charge in [-0.3, -0.25) is 4.79 Å². The maximum atomic E-state index is 11.8. The van der Waals surface area contributed by atoms with E-state index >= 15 is 0 Å². The lowest BCUT2D eigenvalue weighted by Gasteiger charge is -2.20. The average molecular weight is 275 g/mol. The van der Waals surface area contributed by atoms with E-state index in [9.17, 15) is 4.79 Å². The Morgan fingerprint density at radius 2 is 2.06 bits per heavy atom. The van der Waals surface area contributed by atoms with Crippen LogP contribution < -0.4 is 5.73 Å². The third-order valence-electron chi connectivity index (χ3n) is 2.54. The molecule has 5 heteroatoms. The lowest BCUT2D eigenvalue weighted by atomic mass is 10.2. The van der Waals surface area contributed by atoms with Crippen molar-refractivity contribution in [2.24, 2.45) is 5.73 Å². The minimum Gasteiger partial charge on any atom is -0.340 e. The highest BCUT2D eigenvalue weighted by atomic mass is 35.5. The summed E-state index contributed by atoms with van der Waals surface area (Å²) < 4.78 is 0. The Balaban J connectivity index is 2.71. The van der Waals surface area contributed by atoms with Crippen LogP contribution in [0.25, 0.3) is 0 Å². The molecule has 1 amide bonds. The minimum absolute atomic E-state index is 0.0708. The molecule has 0 aliphatic rings. The van der Waals surface area contributed by atoms with Gasteiger partial charge in [-0.05, 0) is 24.1 Å². The second-order valence-corrected chi connectivity index (χ2v) is 4.77. The first kappa shape index (κ1) is 14.3. The number of carbonyl (C=O) groups excluding carboxylic acids is 1. The van der Waals surface area contributed by atoms with Crippen LogP contribution in [0.4, 0.5) is 0 Å². The van der Waals surface area contributed by atoms with Crippen molar-refractivity contribution in [1.82, 2.24) is 4.90 Å². The number of carbonyl (C=O) groups is 1. The van der Waals surface area contributed by atoms with Gasteiger partial charge in [0.05, 0.1) is 16.1 Å². The Kier molecular flexibility index (Phi) is 5.25. The molecule has 2 N–H and O–H groups in total. The summed E-state index contributed by atoms with van der Waals surface area (Å²) in [6.07, 6.45) is 0.630. The number of hydrogen-bond acceptors (Lipinski definition) is 2. The first-order valence-corrected chi connectivity index (χ1v) is 6.15. The molecule has 94 valence electrons. The van der Waals surface area contributed by atoms with Crippen LogP contribution in [0.2, 0.25) is 10.0 Å². The number of likely N-dealkylation sites (N-methyl/N-ethyl adjacent to an activating group) is 1. The summed E-state index contributed by atoms with van der Waals surface area (Å²) in [5.41, 5.74) is 6.62. The topological polar surface area (TPSA) is 46.3 Å². The fourth-order valence-corrected chi connectivity index (χ4v) is 1.77. The van der Waals surface area contributed by atoms with Crippen molar-refractivity contribution in [2.45, 2.75) is 25.9 Å². The SMILES string of the molecule is CC[C@H](N)C(=O)N(C)Cc1ccc(Cl)c(Cl)c1. The predicted molar refractivity (Wildman–Crippen MR) is 71.2 cm³/mol. The Hall–Kier alpha value is -0.770. The molecule has 0 saturated heterocycles. The number of hydrogen-bond donors (Lipinski definition) is 1. The van der Waals surface area contributed by atoms with E-state index in [1.165, 1.54) is 0 Å². The van der Waals surface area contributed by atoms with Crippen LogP contribution in [0.5, 0.6) is 0 Å². The molecular weight excluding hydrogens is 259 g/mol. The highest BCUT2D eigenvalue weighted by molar-refractivity contribution is 6.42. The highest BCUT2D eigenvalue weighted by Crippen LogP contribution is 2.23. The fraction of sp³-hybridized carbons (Fsp3) is 0.417. The smallest absolute Gasteiger partial charge is 0.239 e. The van der Waals surface area contributed by atoms with Gasteiger partial charge >= 0.3 is 0 Å². The van der Waals surface area contributed by atoms with E-state index in [-0.39, 0.29) is 5.91 Å². The molecule has 0 unspecified atom stereocenters. The number of halogens is 2. The van der Waals surface area contributed by atoms with E-state index in [0.29, 0.717) is 23.0 Å². The number of rotatable bonds is 4. The maximum absolute atomic E-state index is 11.8. The third-order valence-corrected chi connectivity index (χ3v) is 3.28. The van der Waals surface area contributed by atoms with Gasteiger partial charge in [0.1, 0.15) is 0 Å². The molecule has 0 saturated carbocycles. The zero-order valence-corrected chi connectivity index (χ0v) is 11.4. The molecule has 3 nitrogen and oxygen atoms in total. The summed E-state index contributed by atoms with van der Waals surface area (Å²) in [5, 5.41) is 1.000. The lowest BCUT2D eigenvalue weighted by Crippen LogP contribution is -2.40. The summed E-state index contributed by atoms with van der Waals surface area (Å²) in [6, 6.07) is 4.88. The third kappa shape index (κ3) is 3.87. The van der Waals surface area contributed by atoms with Crippen LogP contribution in [0.3, 0.4) is 0 Å². The van der Waals surface area contributed by atoms with Crippen molar-refractivity contribution < 1.29 is 4.79 Å². The van der Waals surface area contributed by atoms with Gasteiger partial charge in [0, 0.05) is 13.6 Å². The Morgan fingerprint density at radius 3 is 2.59 bits per heavy atom. The average Bonchev–Trinajstić information content (AvgIpc) is 2.31. The van der Waals surface area contributed by atoms with E-state index in [0.717, 1.165) is 5.56 Å². The van der Waals surface area contributed by atoms with Crippen LogP contribution in [-0.2, 0) is 11.3 Å². The quantitative estimate of drug-likeness (QED) is 0.918. The lowest BCUT2D eigenvalue weighted by molar-refractivity contribution is -0.131. The van der Waals surface area contributed by atoms with Gasteiger partial charge in [-0.25, -0.2) is 0 Å². The highest BCUT2D eigenvalue weighted by Gasteiger charge is 2.16. The Morgan fingerprint density at radius 1 is 1.41 bits per heavy atom. The van der Waals surface area contributed by atoms with Gasteiger partial charge in [-0.15, -0.1) is 0 Å². The number of amides is 1. The Bertz CT molecular complexity index is 409. The van der Waals surface area contributed by atoms with Gasteiger partial charge in [-0.1, -0.05) is 36.2 Å². The summed E-state index contributed by atoms with van der Waals surface area (Å²) in [4.78, 5) is 13.4. The van der Waals surface area contributed by atoms with E-state index < -0.39 is 6.04 Å². The second-order valence-electron chi connectivity index (χ2n) is 3.96. The Labute approximate surface area is 111 Å². The number of nitrogens with two attached hydrogens (primary N) is 1. The zero-order chi connectivity index (χ0) is 13.0. The molecule has 0 radical (unpaired) electrons. The molecule has 0 spiro atoms. The zero-order valence-electron chi connectivity index (χ0n) is 9.91. The van der Waals surface area contributed by atoms with Crippen molar-refractivity contribution >= 4 is 29.1 Å². The standard InChI is InChI=1S/C12H16Cl2N2O/c1-3-11(15)12(17)16(2)7-8-4-5-9(13)10(14)6-8/h4-6,11H,3,7,15H2,1-2H3/t11-/m0/s1. The van der Waals surface area contributed by atoms with Crippen LogP contribution in [0, 0.1) is 0 Å². The fourth-order valence-electron chi connectivity index (χ4n) is 1.45. The van der Waals surface area contributed by atoms with E-state index in [2.05, 4.69) is 0 Å². The molecule has 0 aliphatic carbocycles. The summed E-state index contributed by atoms with van der Waals surface area (Å²) >= 11 is 11.7. The van der Waals surface area contributed by atoms with Crippen molar-refractivity contribution in [3.8, 4) is 0 Å². The molecule has 1 atom stereocenters. The second kappa shape index (κ2) is 6.24. The van der Waals surface area contributed by atoms with E-state index in [1.807, 2.05) is 13.0 Å². The molecule has 0 bridgehead atoms. The van der Waals surface area contributed by atoms with Gasteiger partial charge < -0.3 is 10.6 Å². The van der Waals surface area contributed by atoms with Gasteiger partial charge in [0.15, 0.2) is 0 Å². The molecule has 17 heavy (non-hydrogen) atoms. The maximum Gasteiger partial charge on any atom is 0.239 e. The number of nitrogens with zero attached hydrogens (tertiary/aromatic N) is 1. The predicted octanol–water partition coefficient (Wildman–Crippen LogP) is 2.69. The van der Waals surface area contributed by atoms with E-state index in [1.54, 1.807) is 24.1 Å². The van der Waals surface area contributed by atoms with Crippen LogP contribution in [0.15, 0.2) is 18.2 Å². The van der Waals surface area contributed by atoms with Crippen molar-refractivity contribution in [3.05, 3.63) is 33.8 Å². The molecule has 0 heterocycles. The summed E-state index contributed by atoms with van der Waals surface area (Å²) in [7, 11) is 1.72. The van der Waals surface area contributed by atoms with E-state index in [4.69, 9.17) is 28.9 Å².